The summed E-state index contributed by atoms with van der Waals surface area (Å²) in [6.45, 7) is 11.4. The maximum Gasteiger partial charge on any atom is 0.257 e. The van der Waals surface area contributed by atoms with E-state index in [4.69, 9.17) is 0 Å². The van der Waals surface area contributed by atoms with Crippen molar-refractivity contribution in [2.24, 2.45) is 0 Å². The molecule has 0 saturated heterocycles. The van der Waals surface area contributed by atoms with Crippen molar-refractivity contribution in [2.45, 2.75) is 59.1 Å². The number of hydrogen-bond donors (Lipinski definition) is 1. The van der Waals surface area contributed by atoms with Crippen LogP contribution in [0.25, 0.3) is 0 Å². The van der Waals surface area contributed by atoms with E-state index in [1.165, 1.54) is 0 Å². The van der Waals surface area contributed by atoms with E-state index in [9.17, 15) is 9.90 Å². The van der Waals surface area contributed by atoms with E-state index in [1.54, 1.807) is 24.5 Å². The van der Waals surface area contributed by atoms with Gasteiger partial charge in [-0.2, -0.15) is 0 Å². The summed E-state index contributed by atoms with van der Waals surface area (Å²) in [7, 11) is 0. The van der Waals surface area contributed by atoms with Crippen molar-refractivity contribution in [1.82, 2.24) is 4.57 Å². The average molecular weight is 237 g/mol. The van der Waals surface area contributed by atoms with Gasteiger partial charge in [0.25, 0.3) is 5.56 Å². The molecule has 3 nitrogen and oxygen atoms in total. The molecule has 0 spiro atoms. The summed E-state index contributed by atoms with van der Waals surface area (Å²) >= 11 is 0. The smallest absolute Gasteiger partial charge is 0.257 e. The third-order valence-electron chi connectivity index (χ3n) is 2.92. The fourth-order valence-electron chi connectivity index (χ4n) is 2.04. The van der Waals surface area contributed by atoms with Crippen LogP contribution in [0.15, 0.2) is 16.9 Å². The van der Waals surface area contributed by atoms with Crippen LogP contribution >= 0.6 is 0 Å². The van der Waals surface area contributed by atoms with Crippen LogP contribution in [0.1, 0.15) is 64.8 Å². The summed E-state index contributed by atoms with van der Waals surface area (Å²) in [6, 6.07) is 3.79. The Labute approximate surface area is 103 Å². The zero-order valence-corrected chi connectivity index (χ0v) is 11.6. The van der Waals surface area contributed by atoms with Gasteiger partial charge in [-0.05, 0) is 45.7 Å². The highest BCUT2D eigenvalue weighted by Crippen LogP contribution is 2.21. The molecule has 0 aliphatic rings. The molecule has 3 heteroatoms. The summed E-state index contributed by atoms with van der Waals surface area (Å²) < 4.78 is 1.78. The third kappa shape index (κ3) is 2.78. The third-order valence-corrected chi connectivity index (χ3v) is 2.92. The highest BCUT2D eigenvalue weighted by molar-refractivity contribution is 5.23. The minimum atomic E-state index is -1.09. The Hall–Kier alpha value is -1.09. The molecule has 0 aromatic carbocycles. The van der Waals surface area contributed by atoms with Gasteiger partial charge in [0, 0.05) is 17.3 Å². The lowest BCUT2D eigenvalue weighted by Gasteiger charge is -2.24. The van der Waals surface area contributed by atoms with Gasteiger partial charge < -0.3 is 9.67 Å². The summed E-state index contributed by atoms with van der Waals surface area (Å²) in [5.74, 6) is 0.293. The molecular formula is C14H23NO2. The van der Waals surface area contributed by atoms with Gasteiger partial charge in [-0.15, -0.1) is 0 Å². The standard InChI is InChI=1S/C14H23NO2/c1-9(2)12-8-7-11(14(5,6)17)13(16)15(12)10(3)4/h7-10,17H,1-6H3. The van der Waals surface area contributed by atoms with Gasteiger partial charge in [0.1, 0.15) is 0 Å². The molecule has 0 aliphatic heterocycles. The summed E-state index contributed by atoms with van der Waals surface area (Å²) in [4.78, 5) is 12.4. The van der Waals surface area contributed by atoms with Crippen LogP contribution in [0.4, 0.5) is 0 Å². The largest absolute Gasteiger partial charge is 0.386 e. The summed E-state index contributed by atoms with van der Waals surface area (Å²) in [5, 5.41) is 9.99. The lowest BCUT2D eigenvalue weighted by molar-refractivity contribution is 0.0762. The Bertz CT molecular complexity index is 450. The van der Waals surface area contributed by atoms with Crippen molar-refractivity contribution in [3.63, 3.8) is 0 Å². The maximum atomic E-state index is 12.4. The van der Waals surface area contributed by atoms with E-state index in [2.05, 4.69) is 13.8 Å². The van der Waals surface area contributed by atoms with Gasteiger partial charge >= 0.3 is 0 Å². The quantitative estimate of drug-likeness (QED) is 0.878. The van der Waals surface area contributed by atoms with E-state index < -0.39 is 5.60 Å². The molecule has 17 heavy (non-hydrogen) atoms. The van der Waals surface area contributed by atoms with Crippen LogP contribution in [-0.4, -0.2) is 9.67 Å². The van der Waals surface area contributed by atoms with Gasteiger partial charge in [0.05, 0.1) is 5.60 Å². The molecule has 1 N–H and O–H groups in total. The number of aliphatic hydroxyl groups is 1. The Morgan fingerprint density at radius 2 is 1.71 bits per heavy atom. The fourth-order valence-corrected chi connectivity index (χ4v) is 2.04. The average Bonchev–Trinajstić information content (AvgIpc) is 2.13. The van der Waals surface area contributed by atoms with Crippen molar-refractivity contribution in [3.8, 4) is 0 Å². The molecule has 96 valence electrons. The van der Waals surface area contributed by atoms with Crippen LogP contribution in [0.5, 0.6) is 0 Å². The first-order valence-electron chi connectivity index (χ1n) is 6.14. The lowest BCUT2D eigenvalue weighted by atomic mass is 9.97. The molecule has 1 rings (SSSR count). The first-order chi connectivity index (χ1) is 7.66. The van der Waals surface area contributed by atoms with Crippen LogP contribution in [-0.2, 0) is 5.60 Å². The molecule has 1 heterocycles. The van der Waals surface area contributed by atoms with Gasteiger partial charge in [-0.1, -0.05) is 13.8 Å². The van der Waals surface area contributed by atoms with E-state index in [0.717, 1.165) is 5.69 Å². The Kier molecular flexibility index (Phi) is 3.82. The monoisotopic (exact) mass is 237 g/mol. The zero-order chi connectivity index (χ0) is 13.4. The van der Waals surface area contributed by atoms with Crippen molar-refractivity contribution in [1.29, 1.82) is 0 Å². The van der Waals surface area contributed by atoms with Crippen molar-refractivity contribution in [2.75, 3.05) is 0 Å². The number of rotatable bonds is 3. The fraction of sp³-hybridized carbons (Fsp3) is 0.643. The topological polar surface area (TPSA) is 42.2 Å². The van der Waals surface area contributed by atoms with Crippen LogP contribution in [0, 0.1) is 0 Å². The SMILES string of the molecule is CC(C)c1ccc(C(C)(C)O)c(=O)n1C(C)C. The minimum Gasteiger partial charge on any atom is -0.386 e. The molecule has 0 fully saturated rings. The molecule has 1 aromatic rings. The molecular weight excluding hydrogens is 214 g/mol. The van der Waals surface area contributed by atoms with Gasteiger partial charge in [0.2, 0.25) is 0 Å². The lowest BCUT2D eigenvalue weighted by Crippen LogP contribution is -2.34. The summed E-state index contributed by atoms with van der Waals surface area (Å²) in [6.07, 6.45) is 0. The number of pyridine rings is 1. The highest BCUT2D eigenvalue weighted by atomic mass is 16.3. The molecule has 0 amide bonds. The molecule has 0 aliphatic carbocycles. The summed E-state index contributed by atoms with van der Waals surface area (Å²) in [5.41, 5.74) is 0.288. The van der Waals surface area contributed by atoms with Gasteiger partial charge in [-0.3, -0.25) is 4.79 Å². The Morgan fingerprint density at radius 3 is 2.06 bits per heavy atom. The maximum absolute atomic E-state index is 12.4. The van der Waals surface area contributed by atoms with Crippen molar-refractivity contribution in [3.05, 3.63) is 33.7 Å². The van der Waals surface area contributed by atoms with Crippen molar-refractivity contribution < 1.29 is 5.11 Å². The molecule has 0 bridgehead atoms. The number of nitrogens with zero attached hydrogens (tertiary/aromatic N) is 1. The molecule has 0 unspecified atom stereocenters. The normalized spacial score (nSPS) is 12.5. The Morgan fingerprint density at radius 1 is 1.18 bits per heavy atom. The second kappa shape index (κ2) is 4.65. The highest BCUT2D eigenvalue weighted by Gasteiger charge is 2.23. The van der Waals surface area contributed by atoms with Crippen molar-refractivity contribution >= 4 is 0 Å². The van der Waals surface area contributed by atoms with Gasteiger partial charge in [-0.25, -0.2) is 0 Å². The van der Waals surface area contributed by atoms with E-state index >= 15 is 0 Å². The molecule has 0 radical (unpaired) electrons. The molecule has 1 aromatic heterocycles. The molecule has 0 saturated carbocycles. The van der Waals surface area contributed by atoms with E-state index in [0.29, 0.717) is 11.5 Å². The second-order valence-electron chi connectivity index (χ2n) is 5.65. The predicted molar refractivity (Wildman–Crippen MR) is 70.4 cm³/mol. The van der Waals surface area contributed by atoms with Gasteiger partial charge in [0.15, 0.2) is 0 Å². The minimum absolute atomic E-state index is 0.0845. The zero-order valence-electron chi connectivity index (χ0n) is 11.6. The van der Waals surface area contributed by atoms with Crippen LogP contribution in [0.2, 0.25) is 0 Å². The first-order valence-corrected chi connectivity index (χ1v) is 6.14. The predicted octanol–water partition coefficient (Wildman–Crippen LogP) is 2.78. The van der Waals surface area contributed by atoms with E-state index in [-0.39, 0.29) is 11.6 Å². The molecule has 0 atom stereocenters. The Balaban J connectivity index is 3.56. The van der Waals surface area contributed by atoms with E-state index in [1.807, 2.05) is 19.9 Å². The number of aromatic nitrogens is 1. The number of hydrogen-bond acceptors (Lipinski definition) is 2. The first kappa shape index (κ1) is 14.0. The van der Waals surface area contributed by atoms with Crippen LogP contribution < -0.4 is 5.56 Å². The van der Waals surface area contributed by atoms with Crippen LogP contribution in [0.3, 0.4) is 0 Å². The second-order valence-corrected chi connectivity index (χ2v) is 5.65.